The van der Waals surface area contributed by atoms with Crippen molar-refractivity contribution in [1.82, 2.24) is 16.1 Å². The van der Waals surface area contributed by atoms with Crippen molar-refractivity contribution in [2.24, 2.45) is 5.73 Å². The molecule has 0 saturated carbocycles. The van der Waals surface area contributed by atoms with Crippen molar-refractivity contribution in [3.05, 3.63) is 101 Å². The molecule has 7 N–H and O–H groups in total. The summed E-state index contributed by atoms with van der Waals surface area (Å²) in [7, 11) is 0. The second-order valence-electron chi connectivity index (χ2n) is 8.53. The summed E-state index contributed by atoms with van der Waals surface area (Å²) in [4.78, 5) is 35.9. The van der Waals surface area contributed by atoms with Gasteiger partial charge in [0.2, 0.25) is 5.91 Å². The van der Waals surface area contributed by atoms with Gasteiger partial charge in [0.1, 0.15) is 6.04 Å². The minimum Gasteiger partial charge on any atom is -0.339 e. The van der Waals surface area contributed by atoms with Crippen LogP contribution in [0.15, 0.2) is 72.8 Å². The van der Waals surface area contributed by atoms with E-state index in [2.05, 4.69) is 39.6 Å². The molecule has 3 aromatic carbocycles. The van der Waals surface area contributed by atoms with Gasteiger partial charge in [0.15, 0.2) is 0 Å². The Hall–Kier alpha value is -4.93. The number of hydrogen-bond donors (Lipinski definition) is 6. The van der Waals surface area contributed by atoms with Gasteiger partial charge in [0, 0.05) is 35.5 Å². The average Bonchev–Trinajstić information content (AvgIpc) is 2.95. The van der Waals surface area contributed by atoms with Crippen LogP contribution in [0.3, 0.4) is 0 Å². The van der Waals surface area contributed by atoms with Gasteiger partial charge in [-0.2, -0.15) is 0 Å². The van der Waals surface area contributed by atoms with Gasteiger partial charge >= 0.3 is 0 Å². The van der Waals surface area contributed by atoms with Crippen LogP contribution in [0.2, 0.25) is 0 Å². The third-order valence-corrected chi connectivity index (χ3v) is 5.49. The number of hydroxylamine groups is 1. The van der Waals surface area contributed by atoms with Gasteiger partial charge in [0.05, 0.1) is 6.54 Å². The van der Waals surface area contributed by atoms with Crippen LogP contribution >= 0.6 is 0 Å². The summed E-state index contributed by atoms with van der Waals surface area (Å²) in [5.74, 6) is 9.94. The standard InChI is InChI=1S/C30H29N5O4.CH4/c1-21-6-8-24(9-7-21)19-32-20-28(36)33-26-16-12-23(13-17-26)5-3-2-4-22-10-14-25(15-11-22)29(37)34-27(18-31)30(38)35-39;/h6-17,27,32,39H,18-20,31H2,1H3,(H,33,36)(H,34,37)(H,35,38);1H4/t27-;/m0./s1. The van der Waals surface area contributed by atoms with Crippen molar-refractivity contribution in [3.8, 4) is 23.7 Å². The SMILES string of the molecule is C.Cc1ccc(CNCC(=O)Nc2ccc(C#CC#Cc3ccc(C(=O)N[C@@H](CN)C(=O)NO)cc3)cc2)cc1. The summed E-state index contributed by atoms with van der Waals surface area (Å²) in [5, 5.41) is 17.1. The number of aryl methyl sites for hydroxylation is 1. The molecule has 1 atom stereocenters. The first-order valence-electron chi connectivity index (χ1n) is 12.1. The fraction of sp³-hybridized carbons (Fsp3) is 0.194. The van der Waals surface area contributed by atoms with E-state index in [0.29, 0.717) is 23.4 Å². The summed E-state index contributed by atoms with van der Waals surface area (Å²) in [6, 6.07) is 20.7. The largest absolute Gasteiger partial charge is 0.339 e. The van der Waals surface area contributed by atoms with E-state index in [4.69, 9.17) is 10.9 Å². The molecule has 0 aromatic heterocycles. The van der Waals surface area contributed by atoms with Gasteiger partial charge in [-0.05, 0) is 72.9 Å². The van der Waals surface area contributed by atoms with Crippen molar-refractivity contribution in [3.63, 3.8) is 0 Å². The monoisotopic (exact) mass is 539 g/mol. The van der Waals surface area contributed by atoms with Gasteiger partial charge in [0.25, 0.3) is 11.8 Å². The van der Waals surface area contributed by atoms with E-state index in [-0.39, 0.29) is 26.4 Å². The molecule has 0 aliphatic carbocycles. The second kappa shape index (κ2) is 16.1. The number of carbonyl (C=O) groups is 3. The lowest BCUT2D eigenvalue weighted by Crippen LogP contribution is -2.50. The van der Waals surface area contributed by atoms with Gasteiger partial charge < -0.3 is 21.7 Å². The number of amides is 3. The van der Waals surface area contributed by atoms with Gasteiger partial charge in [-0.15, -0.1) is 0 Å². The zero-order chi connectivity index (χ0) is 28.0. The lowest BCUT2D eigenvalue weighted by molar-refractivity contribution is -0.130. The Bertz CT molecular complexity index is 1410. The molecule has 0 fully saturated rings. The highest BCUT2D eigenvalue weighted by molar-refractivity contribution is 5.97. The Balaban J connectivity index is 0.00000560. The number of anilines is 1. The Labute approximate surface area is 234 Å². The van der Waals surface area contributed by atoms with E-state index in [0.717, 1.165) is 11.1 Å². The summed E-state index contributed by atoms with van der Waals surface area (Å²) >= 11 is 0. The first-order chi connectivity index (χ1) is 18.9. The number of nitrogens with two attached hydrogens (primary N) is 1. The van der Waals surface area contributed by atoms with E-state index >= 15 is 0 Å². The van der Waals surface area contributed by atoms with Crippen molar-refractivity contribution >= 4 is 23.4 Å². The van der Waals surface area contributed by atoms with Crippen LogP contribution in [0.5, 0.6) is 0 Å². The van der Waals surface area contributed by atoms with Gasteiger partial charge in [-0.1, -0.05) is 49.1 Å². The molecule has 0 radical (unpaired) electrons. The van der Waals surface area contributed by atoms with Crippen LogP contribution in [0, 0.1) is 30.6 Å². The van der Waals surface area contributed by atoms with Crippen LogP contribution in [-0.4, -0.2) is 42.1 Å². The third kappa shape index (κ3) is 10.1. The molecule has 0 aliphatic rings. The summed E-state index contributed by atoms with van der Waals surface area (Å²) < 4.78 is 0. The smallest absolute Gasteiger partial charge is 0.267 e. The maximum Gasteiger partial charge on any atom is 0.267 e. The molecule has 9 heteroatoms. The highest BCUT2D eigenvalue weighted by Gasteiger charge is 2.19. The second-order valence-corrected chi connectivity index (χ2v) is 8.53. The Kier molecular flexibility index (Phi) is 12.6. The fourth-order valence-corrected chi connectivity index (χ4v) is 3.33. The molecule has 0 unspecified atom stereocenters. The fourth-order valence-electron chi connectivity index (χ4n) is 3.33. The average molecular weight is 540 g/mol. The molecule has 3 rings (SSSR count). The molecule has 9 nitrogen and oxygen atoms in total. The lowest BCUT2D eigenvalue weighted by atomic mass is 10.1. The molecule has 40 heavy (non-hydrogen) atoms. The first-order valence-corrected chi connectivity index (χ1v) is 12.1. The molecule has 3 amide bonds. The maximum atomic E-state index is 12.2. The minimum absolute atomic E-state index is 0. The molecule has 0 heterocycles. The molecule has 0 spiro atoms. The summed E-state index contributed by atoms with van der Waals surface area (Å²) in [6.45, 7) is 2.69. The normalized spacial score (nSPS) is 10.4. The molecule has 0 aliphatic heterocycles. The van der Waals surface area contributed by atoms with Crippen LogP contribution in [-0.2, 0) is 16.1 Å². The Morgan fingerprint density at radius 1 is 0.875 bits per heavy atom. The zero-order valence-electron chi connectivity index (χ0n) is 21.4. The van der Waals surface area contributed by atoms with E-state index in [1.54, 1.807) is 48.5 Å². The molecular formula is C31H33N5O4. The van der Waals surface area contributed by atoms with E-state index < -0.39 is 17.9 Å². The zero-order valence-corrected chi connectivity index (χ0v) is 21.4. The highest BCUT2D eigenvalue weighted by Crippen LogP contribution is 2.09. The van der Waals surface area contributed by atoms with Crippen molar-refractivity contribution in [2.75, 3.05) is 18.4 Å². The van der Waals surface area contributed by atoms with Crippen LogP contribution < -0.4 is 27.2 Å². The van der Waals surface area contributed by atoms with Crippen LogP contribution in [0.4, 0.5) is 5.69 Å². The van der Waals surface area contributed by atoms with Crippen LogP contribution in [0.1, 0.15) is 40.0 Å². The van der Waals surface area contributed by atoms with Crippen molar-refractivity contribution < 1.29 is 19.6 Å². The molecule has 3 aromatic rings. The molecule has 0 saturated heterocycles. The van der Waals surface area contributed by atoms with E-state index in [1.807, 2.05) is 31.2 Å². The predicted octanol–water partition coefficient (Wildman–Crippen LogP) is 2.33. The first kappa shape index (κ1) is 31.3. The lowest BCUT2D eigenvalue weighted by Gasteiger charge is -2.14. The summed E-state index contributed by atoms with van der Waals surface area (Å²) in [5.41, 5.74) is 11.6. The predicted molar refractivity (Wildman–Crippen MR) is 155 cm³/mol. The quantitative estimate of drug-likeness (QED) is 0.140. The van der Waals surface area contributed by atoms with Crippen molar-refractivity contribution in [1.29, 1.82) is 0 Å². The number of rotatable bonds is 9. The molecule has 206 valence electrons. The van der Waals surface area contributed by atoms with E-state index in [1.165, 1.54) is 11.0 Å². The number of hydrogen-bond acceptors (Lipinski definition) is 6. The Morgan fingerprint density at radius 2 is 1.45 bits per heavy atom. The number of nitrogens with one attached hydrogen (secondary N) is 4. The molecule has 0 bridgehead atoms. The van der Waals surface area contributed by atoms with Gasteiger partial charge in [-0.3, -0.25) is 19.6 Å². The topological polar surface area (TPSA) is 146 Å². The maximum absolute atomic E-state index is 12.2. The van der Waals surface area contributed by atoms with Crippen LogP contribution in [0.25, 0.3) is 0 Å². The summed E-state index contributed by atoms with van der Waals surface area (Å²) in [6.07, 6.45) is 0. The third-order valence-electron chi connectivity index (χ3n) is 5.49. The Morgan fingerprint density at radius 3 is 2.00 bits per heavy atom. The van der Waals surface area contributed by atoms with E-state index in [9.17, 15) is 14.4 Å². The molecular weight excluding hydrogens is 506 g/mol. The number of carbonyl (C=O) groups excluding carboxylic acids is 3. The minimum atomic E-state index is -1.05. The van der Waals surface area contributed by atoms with Crippen molar-refractivity contribution in [2.45, 2.75) is 26.9 Å². The van der Waals surface area contributed by atoms with Gasteiger partial charge in [-0.25, -0.2) is 5.48 Å². The number of benzene rings is 3. The highest BCUT2D eigenvalue weighted by atomic mass is 16.5.